The van der Waals surface area contributed by atoms with Crippen LogP contribution >= 0.6 is 0 Å². The van der Waals surface area contributed by atoms with Gasteiger partial charge in [0.1, 0.15) is 0 Å². The maximum Gasteiger partial charge on any atom is 0.331 e. The topological polar surface area (TPSA) is 55.8 Å². The van der Waals surface area contributed by atoms with Gasteiger partial charge in [0, 0.05) is 13.0 Å². The molecular weight excluding hydrogens is 270 g/mol. The summed E-state index contributed by atoms with van der Waals surface area (Å²) in [6, 6.07) is -0.564. The first-order chi connectivity index (χ1) is 10.2. The molecule has 1 unspecified atom stereocenters. The Morgan fingerprint density at radius 3 is 2.71 bits per heavy atom. The number of esters is 1. The number of carbonyl (C=O) groups excluding carboxylic acids is 2. The molecule has 0 aromatic rings. The van der Waals surface area contributed by atoms with E-state index in [9.17, 15) is 9.59 Å². The Hall–Kier alpha value is -1.10. The summed E-state index contributed by atoms with van der Waals surface area (Å²) in [4.78, 5) is 25.7. The highest BCUT2D eigenvalue weighted by Crippen LogP contribution is 2.27. The monoisotopic (exact) mass is 297 g/mol. The average Bonchev–Trinajstić information content (AvgIpc) is 2.55. The third-order valence-corrected chi connectivity index (χ3v) is 4.65. The maximum atomic E-state index is 12.3. The van der Waals surface area contributed by atoms with E-state index in [0.29, 0.717) is 19.6 Å². The first-order valence-corrected chi connectivity index (χ1v) is 8.17. The number of methoxy groups -OCH3 is 1. The Morgan fingerprint density at radius 2 is 2.00 bits per heavy atom. The molecule has 1 amide bonds. The van der Waals surface area contributed by atoms with Crippen LogP contribution in [0, 0.1) is 5.92 Å². The lowest BCUT2D eigenvalue weighted by Gasteiger charge is -2.33. The predicted octanol–water partition coefficient (Wildman–Crippen LogP) is 2.14. The minimum atomic E-state index is -0.564. The zero-order chi connectivity index (χ0) is 15.1. The van der Waals surface area contributed by atoms with Crippen molar-refractivity contribution in [1.82, 2.24) is 4.90 Å². The van der Waals surface area contributed by atoms with Crippen molar-refractivity contribution in [2.24, 2.45) is 5.92 Å². The Bertz CT molecular complexity index is 352. The summed E-state index contributed by atoms with van der Waals surface area (Å²) in [6.07, 6.45) is 9.27. The molecule has 21 heavy (non-hydrogen) atoms. The van der Waals surface area contributed by atoms with Gasteiger partial charge in [-0.2, -0.15) is 0 Å². The minimum Gasteiger partial charge on any atom is -0.467 e. The molecule has 120 valence electrons. The largest absolute Gasteiger partial charge is 0.467 e. The second-order valence-electron chi connectivity index (χ2n) is 6.10. The molecule has 5 nitrogen and oxygen atoms in total. The van der Waals surface area contributed by atoms with E-state index in [4.69, 9.17) is 9.47 Å². The molecule has 1 aliphatic carbocycles. The van der Waals surface area contributed by atoms with Crippen LogP contribution in [-0.2, 0) is 19.1 Å². The molecule has 1 heterocycles. The molecule has 1 saturated heterocycles. The lowest BCUT2D eigenvalue weighted by atomic mass is 9.86. The Morgan fingerprint density at radius 1 is 1.24 bits per heavy atom. The molecule has 1 saturated carbocycles. The fraction of sp³-hybridized carbons (Fsp3) is 0.875. The van der Waals surface area contributed by atoms with Crippen LogP contribution in [-0.4, -0.2) is 49.7 Å². The van der Waals surface area contributed by atoms with E-state index in [-0.39, 0.29) is 18.5 Å². The summed E-state index contributed by atoms with van der Waals surface area (Å²) in [5, 5.41) is 0. The van der Waals surface area contributed by atoms with Crippen molar-refractivity contribution in [3.05, 3.63) is 0 Å². The van der Waals surface area contributed by atoms with E-state index in [1.807, 2.05) is 0 Å². The number of carbonyl (C=O) groups is 2. The van der Waals surface area contributed by atoms with Gasteiger partial charge in [0.2, 0.25) is 5.91 Å². The third-order valence-electron chi connectivity index (χ3n) is 4.65. The molecule has 5 heteroatoms. The maximum absolute atomic E-state index is 12.3. The highest BCUT2D eigenvalue weighted by molar-refractivity contribution is 5.84. The Balaban J connectivity index is 1.76. The van der Waals surface area contributed by atoms with Crippen molar-refractivity contribution in [2.75, 3.05) is 26.9 Å². The number of morpholine rings is 1. The van der Waals surface area contributed by atoms with E-state index in [2.05, 4.69) is 0 Å². The van der Waals surface area contributed by atoms with E-state index in [0.717, 1.165) is 18.8 Å². The van der Waals surface area contributed by atoms with Gasteiger partial charge in [0.25, 0.3) is 0 Å². The van der Waals surface area contributed by atoms with Crippen LogP contribution in [0.25, 0.3) is 0 Å². The second kappa shape index (κ2) is 8.37. The lowest BCUT2D eigenvalue weighted by molar-refractivity contribution is -0.160. The molecule has 2 rings (SSSR count). The number of amides is 1. The summed E-state index contributed by atoms with van der Waals surface area (Å²) < 4.78 is 10.0. The summed E-state index contributed by atoms with van der Waals surface area (Å²) in [6.45, 7) is 1.24. The number of rotatable bonds is 5. The molecular formula is C16H27NO4. The average molecular weight is 297 g/mol. The molecule has 2 aliphatic rings. The quantitative estimate of drug-likeness (QED) is 0.730. The van der Waals surface area contributed by atoms with Gasteiger partial charge in [-0.3, -0.25) is 4.79 Å². The zero-order valence-electron chi connectivity index (χ0n) is 13.0. The predicted molar refractivity (Wildman–Crippen MR) is 78.8 cm³/mol. The normalized spacial score (nSPS) is 23.9. The highest BCUT2D eigenvalue weighted by Gasteiger charge is 2.33. The first kappa shape index (κ1) is 16.3. The number of hydrogen-bond acceptors (Lipinski definition) is 4. The van der Waals surface area contributed by atoms with Crippen LogP contribution in [0.15, 0.2) is 0 Å². The van der Waals surface area contributed by atoms with Crippen LogP contribution in [0.2, 0.25) is 0 Å². The fourth-order valence-electron chi connectivity index (χ4n) is 3.39. The SMILES string of the molecule is COC(=O)C1COCCN1C(=O)CCCC1CCCCC1. The zero-order valence-corrected chi connectivity index (χ0v) is 13.0. The van der Waals surface area contributed by atoms with E-state index < -0.39 is 6.04 Å². The van der Waals surface area contributed by atoms with Crippen molar-refractivity contribution in [3.63, 3.8) is 0 Å². The molecule has 0 aromatic heterocycles. The van der Waals surface area contributed by atoms with Crippen LogP contribution in [0.5, 0.6) is 0 Å². The van der Waals surface area contributed by atoms with Gasteiger partial charge >= 0.3 is 5.97 Å². The van der Waals surface area contributed by atoms with Gasteiger partial charge in [-0.15, -0.1) is 0 Å². The lowest BCUT2D eigenvalue weighted by Crippen LogP contribution is -2.52. The smallest absolute Gasteiger partial charge is 0.331 e. The molecule has 1 atom stereocenters. The van der Waals surface area contributed by atoms with Crippen molar-refractivity contribution in [2.45, 2.75) is 57.4 Å². The van der Waals surface area contributed by atoms with E-state index in [1.54, 1.807) is 4.90 Å². The van der Waals surface area contributed by atoms with Gasteiger partial charge in [-0.05, 0) is 18.8 Å². The molecule has 0 N–H and O–H groups in total. The van der Waals surface area contributed by atoms with Crippen molar-refractivity contribution in [3.8, 4) is 0 Å². The highest BCUT2D eigenvalue weighted by atomic mass is 16.5. The third kappa shape index (κ3) is 4.70. The number of ether oxygens (including phenoxy) is 2. The minimum absolute atomic E-state index is 0.0597. The van der Waals surface area contributed by atoms with Gasteiger partial charge in [0.05, 0.1) is 20.3 Å². The molecule has 0 radical (unpaired) electrons. The van der Waals surface area contributed by atoms with E-state index in [1.165, 1.54) is 39.2 Å². The standard InChI is InChI=1S/C16H27NO4/c1-20-16(19)14-12-21-11-10-17(14)15(18)9-5-8-13-6-3-2-4-7-13/h13-14H,2-12H2,1H3. The summed E-state index contributed by atoms with van der Waals surface area (Å²) in [5.74, 6) is 0.479. The Kier molecular flexibility index (Phi) is 6.49. The molecule has 2 fully saturated rings. The van der Waals surface area contributed by atoms with Crippen molar-refractivity contribution in [1.29, 1.82) is 0 Å². The Labute approximate surface area is 127 Å². The number of hydrogen-bond donors (Lipinski definition) is 0. The van der Waals surface area contributed by atoms with Crippen LogP contribution in [0.4, 0.5) is 0 Å². The van der Waals surface area contributed by atoms with Gasteiger partial charge in [0.15, 0.2) is 6.04 Å². The second-order valence-corrected chi connectivity index (χ2v) is 6.10. The molecule has 0 bridgehead atoms. The molecule has 0 aromatic carbocycles. The fourth-order valence-corrected chi connectivity index (χ4v) is 3.39. The molecule has 0 spiro atoms. The number of nitrogens with zero attached hydrogens (tertiary/aromatic N) is 1. The van der Waals surface area contributed by atoms with Crippen LogP contribution in [0.1, 0.15) is 51.4 Å². The van der Waals surface area contributed by atoms with Crippen LogP contribution < -0.4 is 0 Å². The van der Waals surface area contributed by atoms with Crippen molar-refractivity contribution >= 4 is 11.9 Å². The van der Waals surface area contributed by atoms with E-state index >= 15 is 0 Å². The first-order valence-electron chi connectivity index (χ1n) is 8.17. The summed E-state index contributed by atoms with van der Waals surface area (Å²) in [7, 11) is 1.35. The van der Waals surface area contributed by atoms with Gasteiger partial charge < -0.3 is 14.4 Å². The summed E-state index contributed by atoms with van der Waals surface area (Å²) in [5.41, 5.74) is 0. The van der Waals surface area contributed by atoms with Crippen molar-refractivity contribution < 1.29 is 19.1 Å². The van der Waals surface area contributed by atoms with Crippen LogP contribution in [0.3, 0.4) is 0 Å². The van der Waals surface area contributed by atoms with Gasteiger partial charge in [-0.1, -0.05) is 32.1 Å². The van der Waals surface area contributed by atoms with Gasteiger partial charge in [-0.25, -0.2) is 4.79 Å². The summed E-state index contributed by atoms with van der Waals surface area (Å²) >= 11 is 0. The molecule has 1 aliphatic heterocycles.